The second-order valence-corrected chi connectivity index (χ2v) is 2.83. The number of hydrogen-bond acceptors (Lipinski definition) is 0. The molecule has 14 heavy (non-hydrogen) atoms. The fraction of sp³-hybridized carbons (Fsp3) is 0.714. The van der Waals surface area contributed by atoms with Gasteiger partial charge in [0.15, 0.2) is 0 Å². The average molecular weight is 196 g/mol. The minimum absolute atomic E-state index is 1.30. The van der Waals surface area contributed by atoms with Gasteiger partial charge in [0.2, 0.25) is 0 Å². The summed E-state index contributed by atoms with van der Waals surface area (Å²) in [6.45, 7) is 12.3. The highest BCUT2D eigenvalue weighted by Gasteiger charge is 2.08. The van der Waals surface area contributed by atoms with Crippen LogP contribution in [-0.2, 0) is 0 Å². The third kappa shape index (κ3) is 6.01. The van der Waals surface area contributed by atoms with Crippen molar-refractivity contribution in [2.45, 2.75) is 67.2 Å². The molecule has 1 aliphatic carbocycles. The molecule has 0 N–H and O–H groups in total. The second-order valence-electron chi connectivity index (χ2n) is 2.83. The van der Waals surface area contributed by atoms with Crippen LogP contribution in [0, 0.1) is 0 Å². The fourth-order valence-electron chi connectivity index (χ4n) is 1.61. The van der Waals surface area contributed by atoms with Gasteiger partial charge in [0, 0.05) is 0 Å². The molecule has 0 nitrogen and oxygen atoms in total. The van der Waals surface area contributed by atoms with Gasteiger partial charge in [-0.15, -0.1) is 0 Å². The lowest BCUT2D eigenvalue weighted by molar-refractivity contribution is 0.677. The van der Waals surface area contributed by atoms with E-state index in [0.29, 0.717) is 0 Å². The van der Waals surface area contributed by atoms with E-state index in [1.54, 1.807) is 11.1 Å². The molecule has 0 aromatic heterocycles. The topological polar surface area (TPSA) is 0 Å². The zero-order valence-electron chi connectivity index (χ0n) is 11.0. The second kappa shape index (κ2) is 12.5. The predicted octanol–water partition coefficient (Wildman–Crippen LogP) is 5.51. The van der Waals surface area contributed by atoms with E-state index in [-0.39, 0.29) is 0 Å². The lowest BCUT2D eigenvalue weighted by Gasteiger charge is -2.16. The molecule has 0 spiro atoms. The standard InChI is InChI=1S/C10H16.2C2H6/c1-3-9-7-5-6-8-10(9)4-2;2*1-2/h3-4H,5-8H2,1-2H3;2*1-2H3/b9-3-,10-4-;;. The first-order valence-electron chi connectivity index (χ1n) is 6.19. The van der Waals surface area contributed by atoms with Gasteiger partial charge in [-0.3, -0.25) is 0 Å². The summed E-state index contributed by atoms with van der Waals surface area (Å²) in [7, 11) is 0. The van der Waals surface area contributed by atoms with Gasteiger partial charge >= 0.3 is 0 Å². The summed E-state index contributed by atoms with van der Waals surface area (Å²) in [6, 6.07) is 0. The SMILES string of the molecule is C/C=C1/CCCC/C1=C/C.CC.CC. The predicted molar refractivity (Wildman–Crippen MR) is 68.7 cm³/mol. The first-order chi connectivity index (χ1) is 6.88. The molecule has 0 amide bonds. The third-order valence-corrected chi connectivity index (χ3v) is 2.25. The van der Waals surface area contributed by atoms with Gasteiger partial charge in [-0.2, -0.15) is 0 Å². The van der Waals surface area contributed by atoms with Crippen molar-refractivity contribution in [3.05, 3.63) is 23.3 Å². The van der Waals surface area contributed by atoms with Crippen LogP contribution in [0.2, 0.25) is 0 Å². The van der Waals surface area contributed by atoms with Crippen LogP contribution in [0.15, 0.2) is 23.3 Å². The number of hydrogen-bond donors (Lipinski definition) is 0. The van der Waals surface area contributed by atoms with E-state index in [1.165, 1.54) is 25.7 Å². The van der Waals surface area contributed by atoms with E-state index in [0.717, 1.165) is 0 Å². The molecule has 0 saturated heterocycles. The van der Waals surface area contributed by atoms with E-state index in [9.17, 15) is 0 Å². The average Bonchev–Trinajstić information content (AvgIpc) is 2.34. The molecule has 0 heterocycles. The van der Waals surface area contributed by atoms with Crippen LogP contribution in [-0.4, -0.2) is 0 Å². The maximum Gasteiger partial charge on any atom is -0.0279 e. The summed E-state index contributed by atoms with van der Waals surface area (Å²) < 4.78 is 0. The Labute approximate surface area is 91.1 Å². The molecule has 1 saturated carbocycles. The lowest BCUT2D eigenvalue weighted by Crippen LogP contribution is -1.97. The maximum atomic E-state index is 2.26. The Morgan fingerprint density at radius 2 is 1.00 bits per heavy atom. The van der Waals surface area contributed by atoms with E-state index in [2.05, 4.69) is 26.0 Å². The Morgan fingerprint density at radius 1 is 0.714 bits per heavy atom. The van der Waals surface area contributed by atoms with E-state index >= 15 is 0 Å². The zero-order chi connectivity index (χ0) is 11.4. The van der Waals surface area contributed by atoms with Gasteiger partial charge in [0.1, 0.15) is 0 Å². The van der Waals surface area contributed by atoms with Crippen LogP contribution >= 0.6 is 0 Å². The van der Waals surface area contributed by atoms with Crippen molar-refractivity contribution in [2.75, 3.05) is 0 Å². The van der Waals surface area contributed by atoms with E-state index in [4.69, 9.17) is 0 Å². The van der Waals surface area contributed by atoms with Gasteiger partial charge in [0.05, 0.1) is 0 Å². The molecular weight excluding hydrogens is 168 g/mol. The summed E-state index contributed by atoms with van der Waals surface area (Å²) in [5, 5.41) is 0. The molecule has 0 heteroatoms. The van der Waals surface area contributed by atoms with Crippen LogP contribution in [0.5, 0.6) is 0 Å². The number of rotatable bonds is 0. The van der Waals surface area contributed by atoms with Gasteiger partial charge in [0.25, 0.3) is 0 Å². The first-order valence-corrected chi connectivity index (χ1v) is 6.19. The highest BCUT2D eigenvalue weighted by atomic mass is 14.1. The normalized spacial score (nSPS) is 20.7. The van der Waals surface area contributed by atoms with Crippen LogP contribution in [0.25, 0.3) is 0 Å². The van der Waals surface area contributed by atoms with E-state index in [1.807, 2.05) is 27.7 Å². The fourth-order valence-corrected chi connectivity index (χ4v) is 1.61. The monoisotopic (exact) mass is 196 g/mol. The van der Waals surface area contributed by atoms with Crippen molar-refractivity contribution in [1.82, 2.24) is 0 Å². The largest absolute Gasteiger partial charge is 0.0842 e. The van der Waals surface area contributed by atoms with Crippen molar-refractivity contribution in [1.29, 1.82) is 0 Å². The zero-order valence-corrected chi connectivity index (χ0v) is 11.0. The Balaban J connectivity index is 0. The molecule has 0 radical (unpaired) electrons. The van der Waals surface area contributed by atoms with Gasteiger partial charge in [-0.1, -0.05) is 39.8 Å². The van der Waals surface area contributed by atoms with Crippen molar-refractivity contribution < 1.29 is 0 Å². The molecule has 1 rings (SSSR count). The quantitative estimate of drug-likeness (QED) is 0.479. The highest BCUT2D eigenvalue weighted by Crippen LogP contribution is 2.27. The summed E-state index contributed by atoms with van der Waals surface area (Å²) in [6.07, 6.45) is 9.89. The van der Waals surface area contributed by atoms with E-state index < -0.39 is 0 Å². The third-order valence-electron chi connectivity index (χ3n) is 2.25. The Kier molecular flexibility index (Phi) is 14.2. The highest BCUT2D eigenvalue weighted by molar-refractivity contribution is 5.31. The summed E-state index contributed by atoms with van der Waals surface area (Å²) >= 11 is 0. The van der Waals surface area contributed by atoms with Crippen molar-refractivity contribution in [3.63, 3.8) is 0 Å². The van der Waals surface area contributed by atoms with Crippen LogP contribution in [0.3, 0.4) is 0 Å². The Bertz CT molecular complexity index is 141. The minimum atomic E-state index is 1.30. The molecule has 0 aromatic carbocycles. The Hall–Kier alpha value is -0.520. The molecule has 0 bridgehead atoms. The van der Waals surface area contributed by atoms with Crippen molar-refractivity contribution in [3.8, 4) is 0 Å². The molecular formula is C14H28. The molecule has 84 valence electrons. The molecule has 0 aliphatic heterocycles. The van der Waals surface area contributed by atoms with Crippen LogP contribution in [0.4, 0.5) is 0 Å². The molecule has 1 fully saturated rings. The summed E-state index contributed by atoms with van der Waals surface area (Å²) in [5.41, 5.74) is 3.16. The van der Waals surface area contributed by atoms with Crippen LogP contribution < -0.4 is 0 Å². The minimum Gasteiger partial charge on any atom is -0.0842 e. The molecule has 1 aliphatic rings. The number of allylic oxidation sites excluding steroid dienone is 4. The molecule has 0 unspecified atom stereocenters. The van der Waals surface area contributed by atoms with Crippen molar-refractivity contribution >= 4 is 0 Å². The molecule has 0 atom stereocenters. The summed E-state index contributed by atoms with van der Waals surface area (Å²) in [4.78, 5) is 0. The maximum absolute atomic E-state index is 2.26. The van der Waals surface area contributed by atoms with Gasteiger partial charge in [-0.05, 0) is 50.7 Å². The first kappa shape index (κ1) is 15.9. The smallest absolute Gasteiger partial charge is 0.0279 e. The van der Waals surface area contributed by atoms with Crippen molar-refractivity contribution in [2.24, 2.45) is 0 Å². The summed E-state index contributed by atoms with van der Waals surface area (Å²) in [5.74, 6) is 0. The lowest BCUT2D eigenvalue weighted by atomic mass is 9.89. The van der Waals surface area contributed by atoms with Gasteiger partial charge < -0.3 is 0 Å². The Morgan fingerprint density at radius 3 is 1.21 bits per heavy atom. The van der Waals surface area contributed by atoms with Gasteiger partial charge in [-0.25, -0.2) is 0 Å². The van der Waals surface area contributed by atoms with Crippen LogP contribution in [0.1, 0.15) is 67.2 Å². The molecule has 0 aromatic rings.